The van der Waals surface area contributed by atoms with E-state index in [1.54, 1.807) is 6.92 Å². The maximum absolute atomic E-state index is 13.0. The molecule has 0 spiro atoms. The van der Waals surface area contributed by atoms with Crippen LogP contribution in [0.5, 0.6) is 0 Å². The lowest BCUT2D eigenvalue weighted by Crippen LogP contribution is -2.49. The summed E-state index contributed by atoms with van der Waals surface area (Å²) in [5.74, 6) is -1.11. The fourth-order valence-electron chi connectivity index (χ4n) is 2.95. The minimum absolute atomic E-state index is 0.0942. The standard InChI is InChI=1S/C17H25FN2O5S2/c1-3-12-26(22,23)20-10-8-15(9-11-20)19-17(21)13(2)27(24,25)16-6-4-14(18)5-7-16/h4-7,13,15H,3,8-12H2,1-2H3,(H,19,21). The number of benzene rings is 1. The molecule has 1 aliphatic rings. The summed E-state index contributed by atoms with van der Waals surface area (Å²) >= 11 is 0. The van der Waals surface area contributed by atoms with Gasteiger partial charge in [0.05, 0.1) is 10.6 Å². The summed E-state index contributed by atoms with van der Waals surface area (Å²) in [5, 5.41) is 1.37. The van der Waals surface area contributed by atoms with E-state index in [1.807, 2.05) is 0 Å². The van der Waals surface area contributed by atoms with Gasteiger partial charge in [0.25, 0.3) is 0 Å². The van der Waals surface area contributed by atoms with Gasteiger partial charge in [-0.2, -0.15) is 0 Å². The average molecular weight is 421 g/mol. The molecule has 152 valence electrons. The molecule has 0 aromatic heterocycles. The molecule has 0 saturated carbocycles. The Morgan fingerprint density at radius 3 is 2.26 bits per heavy atom. The van der Waals surface area contributed by atoms with Gasteiger partial charge in [0.2, 0.25) is 15.9 Å². The number of rotatable bonds is 7. The highest BCUT2D eigenvalue weighted by Gasteiger charge is 2.33. The second-order valence-corrected chi connectivity index (χ2v) is 11.0. The van der Waals surface area contributed by atoms with E-state index in [1.165, 1.54) is 11.2 Å². The Morgan fingerprint density at radius 1 is 1.19 bits per heavy atom. The van der Waals surface area contributed by atoms with E-state index in [9.17, 15) is 26.0 Å². The van der Waals surface area contributed by atoms with Crippen molar-refractivity contribution in [2.45, 2.75) is 49.3 Å². The summed E-state index contributed by atoms with van der Waals surface area (Å²) in [6.07, 6.45) is 1.40. The van der Waals surface area contributed by atoms with Crippen LogP contribution in [0.2, 0.25) is 0 Å². The molecule has 1 saturated heterocycles. The number of nitrogens with one attached hydrogen (secondary N) is 1. The fourth-order valence-corrected chi connectivity index (χ4v) is 5.77. The van der Waals surface area contributed by atoms with Crippen LogP contribution < -0.4 is 5.32 Å². The molecule has 10 heteroatoms. The monoisotopic (exact) mass is 420 g/mol. The van der Waals surface area contributed by atoms with Gasteiger partial charge in [-0.25, -0.2) is 25.5 Å². The Labute approximate surface area is 159 Å². The Morgan fingerprint density at radius 2 is 1.74 bits per heavy atom. The SMILES string of the molecule is CCCS(=O)(=O)N1CCC(NC(=O)C(C)S(=O)(=O)c2ccc(F)cc2)CC1. The first-order chi connectivity index (χ1) is 12.6. The van der Waals surface area contributed by atoms with Crippen molar-refractivity contribution in [2.24, 2.45) is 0 Å². The summed E-state index contributed by atoms with van der Waals surface area (Å²) < 4.78 is 63.6. The molecule has 0 aliphatic carbocycles. The Bertz CT molecular complexity index is 861. The van der Waals surface area contributed by atoms with Crippen LogP contribution in [0.4, 0.5) is 4.39 Å². The summed E-state index contributed by atoms with van der Waals surface area (Å²) in [4.78, 5) is 12.3. The van der Waals surface area contributed by atoms with Gasteiger partial charge >= 0.3 is 0 Å². The van der Waals surface area contributed by atoms with Gasteiger partial charge in [-0.05, 0) is 50.5 Å². The van der Waals surface area contributed by atoms with Gasteiger partial charge in [0, 0.05) is 19.1 Å². The molecule has 1 aliphatic heterocycles. The lowest BCUT2D eigenvalue weighted by atomic mass is 10.1. The van der Waals surface area contributed by atoms with Gasteiger partial charge in [-0.1, -0.05) is 6.92 Å². The van der Waals surface area contributed by atoms with Crippen LogP contribution in [-0.4, -0.2) is 57.2 Å². The Balaban J connectivity index is 1.96. The highest BCUT2D eigenvalue weighted by atomic mass is 32.2. The molecule has 27 heavy (non-hydrogen) atoms. The van der Waals surface area contributed by atoms with Crippen molar-refractivity contribution in [3.63, 3.8) is 0 Å². The molecule has 7 nitrogen and oxygen atoms in total. The minimum Gasteiger partial charge on any atom is -0.352 e. The summed E-state index contributed by atoms with van der Waals surface area (Å²) in [5.41, 5.74) is 0. The maximum Gasteiger partial charge on any atom is 0.238 e. The molecule has 1 N–H and O–H groups in total. The summed E-state index contributed by atoms with van der Waals surface area (Å²) in [6, 6.07) is 4.04. The zero-order valence-electron chi connectivity index (χ0n) is 15.4. The highest BCUT2D eigenvalue weighted by molar-refractivity contribution is 7.92. The number of halogens is 1. The van der Waals surface area contributed by atoms with E-state index in [0.29, 0.717) is 32.4 Å². The second-order valence-electron chi connectivity index (χ2n) is 6.64. The number of hydrogen-bond acceptors (Lipinski definition) is 5. The van der Waals surface area contributed by atoms with E-state index >= 15 is 0 Å². The van der Waals surface area contributed by atoms with Gasteiger partial charge in [-0.15, -0.1) is 0 Å². The zero-order valence-corrected chi connectivity index (χ0v) is 17.0. The number of carbonyl (C=O) groups is 1. The molecule has 2 rings (SSSR count). The van der Waals surface area contributed by atoms with Crippen molar-refractivity contribution < 1.29 is 26.0 Å². The van der Waals surface area contributed by atoms with E-state index in [2.05, 4.69) is 5.32 Å². The third-order valence-electron chi connectivity index (χ3n) is 4.63. The number of amides is 1. The van der Waals surface area contributed by atoms with Crippen LogP contribution >= 0.6 is 0 Å². The smallest absolute Gasteiger partial charge is 0.238 e. The van der Waals surface area contributed by atoms with Gasteiger partial charge < -0.3 is 5.32 Å². The van der Waals surface area contributed by atoms with Gasteiger partial charge in [0.15, 0.2) is 9.84 Å². The largest absolute Gasteiger partial charge is 0.352 e. The predicted octanol–water partition coefficient (Wildman–Crippen LogP) is 1.31. The molecule has 0 bridgehead atoms. The Hall–Kier alpha value is -1.52. The molecule has 1 unspecified atom stereocenters. The quantitative estimate of drug-likeness (QED) is 0.671. The first kappa shape index (κ1) is 21.8. The normalized spacial score (nSPS) is 18.2. The molecule has 1 atom stereocenters. The number of carbonyl (C=O) groups excluding carboxylic acids is 1. The minimum atomic E-state index is -3.93. The maximum atomic E-state index is 13.0. The summed E-state index contributed by atoms with van der Waals surface area (Å²) in [7, 11) is -7.20. The third kappa shape index (κ3) is 5.26. The molecule has 1 amide bonds. The number of piperidine rings is 1. The number of hydrogen-bond donors (Lipinski definition) is 1. The van der Waals surface area contributed by atoms with Crippen molar-refractivity contribution in [3.05, 3.63) is 30.1 Å². The lowest BCUT2D eigenvalue weighted by molar-refractivity contribution is -0.121. The van der Waals surface area contributed by atoms with Crippen LogP contribution in [0.25, 0.3) is 0 Å². The number of sulfone groups is 1. The van der Waals surface area contributed by atoms with Crippen LogP contribution in [0, 0.1) is 5.82 Å². The van der Waals surface area contributed by atoms with E-state index < -0.39 is 36.8 Å². The number of sulfonamides is 1. The third-order valence-corrected chi connectivity index (χ3v) is 8.78. The van der Waals surface area contributed by atoms with Gasteiger partial charge in [0.1, 0.15) is 11.1 Å². The molecule has 1 aromatic carbocycles. The first-order valence-corrected chi connectivity index (χ1v) is 12.0. The van der Waals surface area contributed by atoms with Gasteiger partial charge in [-0.3, -0.25) is 4.79 Å². The average Bonchev–Trinajstić information content (AvgIpc) is 2.61. The van der Waals surface area contributed by atoms with Crippen molar-refractivity contribution in [3.8, 4) is 0 Å². The van der Waals surface area contributed by atoms with Crippen LogP contribution in [0.3, 0.4) is 0 Å². The van der Waals surface area contributed by atoms with Crippen molar-refractivity contribution in [2.75, 3.05) is 18.8 Å². The molecular formula is C17H25FN2O5S2. The zero-order chi connectivity index (χ0) is 20.2. The molecular weight excluding hydrogens is 395 g/mol. The molecule has 0 radical (unpaired) electrons. The van der Waals surface area contributed by atoms with E-state index in [-0.39, 0.29) is 16.7 Å². The van der Waals surface area contributed by atoms with Crippen molar-refractivity contribution >= 4 is 25.8 Å². The van der Waals surface area contributed by atoms with Crippen LogP contribution in [0.15, 0.2) is 29.2 Å². The highest BCUT2D eigenvalue weighted by Crippen LogP contribution is 2.19. The first-order valence-electron chi connectivity index (χ1n) is 8.85. The second kappa shape index (κ2) is 8.66. The molecule has 1 fully saturated rings. The predicted molar refractivity (Wildman–Crippen MR) is 99.9 cm³/mol. The van der Waals surface area contributed by atoms with E-state index in [4.69, 9.17) is 0 Å². The van der Waals surface area contributed by atoms with Crippen molar-refractivity contribution in [1.29, 1.82) is 0 Å². The summed E-state index contributed by atoms with van der Waals surface area (Å²) in [6.45, 7) is 3.68. The fraction of sp³-hybridized carbons (Fsp3) is 0.588. The Kier molecular flexibility index (Phi) is 6.98. The van der Waals surface area contributed by atoms with Crippen molar-refractivity contribution in [1.82, 2.24) is 9.62 Å². The molecule has 1 aromatic rings. The van der Waals surface area contributed by atoms with Crippen LogP contribution in [0.1, 0.15) is 33.1 Å². The number of nitrogens with zero attached hydrogens (tertiary/aromatic N) is 1. The lowest BCUT2D eigenvalue weighted by Gasteiger charge is -2.32. The van der Waals surface area contributed by atoms with E-state index in [0.717, 1.165) is 24.3 Å². The molecule has 1 heterocycles. The van der Waals surface area contributed by atoms with Crippen LogP contribution in [-0.2, 0) is 24.7 Å². The topological polar surface area (TPSA) is 101 Å².